The molecular formula is C13H16ClNO. The van der Waals surface area contributed by atoms with Crippen LogP contribution in [0, 0.1) is 0 Å². The van der Waals surface area contributed by atoms with E-state index in [2.05, 4.69) is 0 Å². The van der Waals surface area contributed by atoms with Gasteiger partial charge in [-0.1, -0.05) is 23.7 Å². The van der Waals surface area contributed by atoms with Crippen LogP contribution in [-0.4, -0.2) is 23.9 Å². The Labute approximate surface area is 102 Å². The highest BCUT2D eigenvalue weighted by Gasteiger charge is 2.03. The van der Waals surface area contributed by atoms with E-state index in [0.717, 1.165) is 18.7 Å². The number of nitrogens with zero attached hydrogens (tertiary/aromatic N) is 1. The maximum absolute atomic E-state index is 11.7. The summed E-state index contributed by atoms with van der Waals surface area (Å²) in [7, 11) is 0. The van der Waals surface area contributed by atoms with Gasteiger partial charge < -0.3 is 4.90 Å². The van der Waals surface area contributed by atoms with Crippen LogP contribution in [0.3, 0.4) is 0 Å². The summed E-state index contributed by atoms with van der Waals surface area (Å²) in [6.07, 6.45) is 3.40. The molecule has 0 radical (unpaired) electrons. The average Bonchev–Trinajstić information content (AvgIpc) is 2.30. The van der Waals surface area contributed by atoms with E-state index < -0.39 is 0 Å². The lowest BCUT2D eigenvalue weighted by Crippen LogP contribution is -2.28. The number of rotatable bonds is 4. The molecule has 0 saturated heterocycles. The second-order valence-corrected chi connectivity index (χ2v) is 3.83. The Balaban J connectivity index is 2.66. The molecule has 0 unspecified atom stereocenters. The van der Waals surface area contributed by atoms with Crippen LogP contribution in [0.2, 0.25) is 5.02 Å². The summed E-state index contributed by atoms with van der Waals surface area (Å²) in [5, 5.41) is 0.701. The minimum atomic E-state index is 0.0416. The third-order valence-electron chi connectivity index (χ3n) is 2.36. The molecule has 86 valence electrons. The lowest BCUT2D eigenvalue weighted by atomic mass is 10.2. The maximum atomic E-state index is 11.7. The van der Waals surface area contributed by atoms with E-state index >= 15 is 0 Å². The van der Waals surface area contributed by atoms with Gasteiger partial charge in [0.15, 0.2) is 0 Å². The fraction of sp³-hybridized carbons (Fsp3) is 0.308. The second kappa shape index (κ2) is 6.33. The molecule has 0 aliphatic carbocycles. The number of likely N-dealkylation sites (N-methyl/N-ethyl adjacent to an activating group) is 1. The van der Waals surface area contributed by atoms with Gasteiger partial charge in [-0.2, -0.15) is 0 Å². The molecule has 0 atom stereocenters. The summed E-state index contributed by atoms with van der Waals surface area (Å²) in [6.45, 7) is 5.41. The third-order valence-corrected chi connectivity index (χ3v) is 2.62. The van der Waals surface area contributed by atoms with Crippen LogP contribution >= 0.6 is 11.6 Å². The first-order chi connectivity index (χ1) is 7.67. The topological polar surface area (TPSA) is 20.3 Å². The number of carbonyl (C=O) groups is 1. The maximum Gasteiger partial charge on any atom is 0.246 e. The van der Waals surface area contributed by atoms with Gasteiger partial charge in [0.2, 0.25) is 5.91 Å². The monoisotopic (exact) mass is 237 g/mol. The van der Waals surface area contributed by atoms with E-state index in [1.54, 1.807) is 17.1 Å². The van der Waals surface area contributed by atoms with Crippen molar-refractivity contribution in [1.82, 2.24) is 4.90 Å². The van der Waals surface area contributed by atoms with Crippen molar-refractivity contribution in [2.45, 2.75) is 13.8 Å². The first-order valence-corrected chi connectivity index (χ1v) is 5.77. The molecular weight excluding hydrogens is 222 g/mol. The van der Waals surface area contributed by atoms with Gasteiger partial charge in [0.1, 0.15) is 0 Å². The summed E-state index contributed by atoms with van der Waals surface area (Å²) in [5.41, 5.74) is 0.977. The fourth-order valence-corrected chi connectivity index (χ4v) is 1.51. The predicted octanol–water partition coefficient (Wildman–Crippen LogP) is 3.22. The molecule has 1 rings (SSSR count). The molecule has 0 heterocycles. The van der Waals surface area contributed by atoms with Crippen molar-refractivity contribution < 1.29 is 4.79 Å². The SMILES string of the molecule is CCN(CC)C(=O)/C=C/c1ccc(Cl)cc1. The molecule has 1 aromatic rings. The van der Waals surface area contributed by atoms with E-state index in [1.807, 2.05) is 38.1 Å². The lowest BCUT2D eigenvalue weighted by molar-refractivity contribution is -0.125. The van der Waals surface area contributed by atoms with Crippen molar-refractivity contribution in [3.63, 3.8) is 0 Å². The van der Waals surface area contributed by atoms with Crippen LogP contribution in [0.25, 0.3) is 6.08 Å². The van der Waals surface area contributed by atoms with Crippen LogP contribution in [0.15, 0.2) is 30.3 Å². The van der Waals surface area contributed by atoms with E-state index in [0.29, 0.717) is 5.02 Å². The molecule has 1 amide bonds. The Morgan fingerprint density at radius 1 is 1.25 bits per heavy atom. The van der Waals surface area contributed by atoms with Crippen LogP contribution in [-0.2, 0) is 4.79 Å². The van der Waals surface area contributed by atoms with Crippen LogP contribution in [0.1, 0.15) is 19.4 Å². The summed E-state index contributed by atoms with van der Waals surface area (Å²) in [5.74, 6) is 0.0416. The normalized spacial score (nSPS) is 10.7. The van der Waals surface area contributed by atoms with Gasteiger partial charge in [0.25, 0.3) is 0 Å². The summed E-state index contributed by atoms with van der Waals surface area (Å²) in [4.78, 5) is 13.4. The number of benzene rings is 1. The highest BCUT2D eigenvalue weighted by molar-refractivity contribution is 6.30. The smallest absolute Gasteiger partial charge is 0.246 e. The van der Waals surface area contributed by atoms with Gasteiger partial charge in [-0.25, -0.2) is 0 Å². The summed E-state index contributed by atoms with van der Waals surface area (Å²) in [6, 6.07) is 7.38. The standard InChI is InChI=1S/C13H16ClNO/c1-3-15(4-2)13(16)10-7-11-5-8-12(14)9-6-11/h5-10H,3-4H2,1-2H3/b10-7+. The van der Waals surface area contributed by atoms with Crippen molar-refractivity contribution in [2.24, 2.45) is 0 Å². The highest BCUT2D eigenvalue weighted by Crippen LogP contribution is 2.10. The molecule has 0 fully saturated rings. The van der Waals surface area contributed by atoms with Gasteiger partial charge >= 0.3 is 0 Å². The zero-order chi connectivity index (χ0) is 12.0. The fourth-order valence-electron chi connectivity index (χ4n) is 1.38. The van der Waals surface area contributed by atoms with Crippen molar-refractivity contribution in [2.75, 3.05) is 13.1 Å². The number of halogens is 1. The second-order valence-electron chi connectivity index (χ2n) is 3.40. The Hall–Kier alpha value is -1.28. The number of amides is 1. The summed E-state index contributed by atoms with van der Waals surface area (Å²) < 4.78 is 0. The first-order valence-electron chi connectivity index (χ1n) is 5.40. The predicted molar refractivity (Wildman–Crippen MR) is 68.4 cm³/mol. The van der Waals surface area contributed by atoms with Gasteiger partial charge in [-0.15, -0.1) is 0 Å². The van der Waals surface area contributed by atoms with Crippen LogP contribution < -0.4 is 0 Å². The van der Waals surface area contributed by atoms with Crippen LogP contribution in [0.5, 0.6) is 0 Å². The molecule has 0 aliphatic rings. The molecule has 16 heavy (non-hydrogen) atoms. The van der Waals surface area contributed by atoms with Gasteiger partial charge in [-0.3, -0.25) is 4.79 Å². The molecule has 0 aliphatic heterocycles. The van der Waals surface area contributed by atoms with Crippen LogP contribution in [0.4, 0.5) is 0 Å². The van der Waals surface area contributed by atoms with Gasteiger partial charge in [0.05, 0.1) is 0 Å². The zero-order valence-electron chi connectivity index (χ0n) is 9.61. The quantitative estimate of drug-likeness (QED) is 0.737. The van der Waals surface area contributed by atoms with E-state index in [9.17, 15) is 4.79 Å². The van der Waals surface area contributed by atoms with Crippen molar-refractivity contribution in [1.29, 1.82) is 0 Å². The minimum absolute atomic E-state index is 0.0416. The van der Waals surface area contributed by atoms with Crippen molar-refractivity contribution in [3.8, 4) is 0 Å². The lowest BCUT2D eigenvalue weighted by Gasteiger charge is -2.15. The third kappa shape index (κ3) is 3.70. The molecule has 0 bridgehead atoms. The Morgan fingerprint density at radius 2 is 1.81 bits per heavy atom. The zero-order valence-corrected chi connectivity index (χ0v) is 10.4. The summed E-state index contributed by atoms with van der Waals surface area (Å²) >= 11 is 5.77. The van der Waals surface area contributed by atoms with Crippen molar-refractivity contribution in [3.05, 3.63) is 40.9 Å². The highest BCUT2D eigenvalue weighted by atomic mass is 35.5. The molecule has 1 aromatic carbocycles. The number of hydrogen-bond donors (Lipinski definition) is 0. The molecule has 0 saturated carbocycles. The molecule has 3 heteroatoms. The van der Waals surface area contributed by atoms with Crippen molar-refractivity contribution >= 4 is 23.6 Å². The Kier molecular flexibility index (Phi) is 5.06. The van der Waals surface area contributed by atoms with E-state index in [4.69, 9.17) is 11.6 Å². The minimum Gasteiger partial charge on any atom is -0.340 e. The van der Waals surface area contributed by atoms with Gasteiger partial charge in [-0.05, 0) is 37.6 Å². The molecule has 0 N–H and O–H groups in total. The first kappa shape index (κ1) is 12.8. The molecule has 0 aromatic heterocycles. The van der Waals surface area contributed by atoms with Gasteiger partial charge in [0, 0.05) is 24.2 Å². The Bertz CT molecular complexity index is 366. The largest absolute Gasteiger partial charge is 0.340 e. The van der Waals surface area contributed by atoms with E-state index in [-0.39, 0.29) is 5.91 Å². The number of carbonyl (C=O) groups excluding carboxylic acids is 1. The molecule has 2 nitrogen and oxygen atoms in total. The number of hydrogen-bond acceptors (Lipinski definition) is 1. The average molecular weight is 238 g/mol. The van der Waals surface area contributed by atoms with E-state index in [1.165, 1.54) is 0 Å². The Morgan fingerprint density at radius 3 is 2.31 bits per heavy atom. The molecule has 0 spiro atoms.